The molecule has 264 valence electrons. The Morgan fingerprint density at radius 3 is 1.49 bits per heavy atom. The molecule has 3 N–H and O–H groups in total. The largest absolute Gasteiger partial charge is 0.387 e. The maximum absolute atomic E-state index is 12.4. The predicted molar refractivity (Wildman–Crippen MR) is 202 cm³/mol. The number of carbonyl (C=O) groups excluding carboxylic acids is 1. The summed E-state index contributed by atoms with van der Waals surface area (Å²) in [4.78, 5) is 12.4. The van der Waals surface area contributed by atoms with Crippen LogP contribution < -0.4 is 5.32 Å². The monoisotopic (exact) mass is 669 g/mol. The van der Waals surface area contributed by atoms with Gasteiger partial charge < -0.3 is 10.4 Å². The van der Waals surface area contributed by atoms with E-state index in [-0.39, 0.29) is 12.3 Å². The molecule has 0 saturated heterocycles. The molecule has 2 atom stereocenters. The maximum Gasteiger partial charge on any atom is 0.267 e. The molecular formula is C40H63NO5S. The molecular weight excluding hydrogens is 607 g/mol. The van der Waals surface area contributed by atoms with E-state index in [0.717, 1.165) is 83.5 Å². The van der Waals surface area contributed by atoms with Crippen molar-refractivity contribution in [1.82, 2.24) is 5.32 Å². The van der Waals surface area contributed by atoms with Gasteiger partial charge in [0, 0.05) is 6.42 Å². The molecule has 2 unspecified atom stereocenters. The molecule has 1 amide bonds. The van der Waals surface area contributed by atoms with Crippen LogP contribution >= 0.6 is 0 Å². The van der Waals surface area contributed by atoms with E-state index in [9.17, 15) is 22.9 Å². The van der Waals surface area contributed by atoms with Gasteiger partial charge in [0.2, 0.25) is 5.91 Å². The molecule has 0 aliphatic carbocycles. The summed E-state index contributed by atoms with van der Waals surface area (Å²) < 4.78 is 32.3. The van der Waals surface area contributed by atoms with Gasteiger partial charge >= 0.3 is 0 Å². The molecule has 47 heavy (non-hydrogen) atoms. The molecule has 0 fully saturated rings. The first-order chi connectivity index (χ1) is 22.8. The van der Waals surface area contributed by atoms with E-state index in [2.05, 4.69) is 116 Å². The van der Waals surface area contributed by atoms with Gasteiger partial charge in [0.15, 0.2) is 0 Å². The summed E-state index contributed by atoms with van der Waals surface area (Å²) in [6.45, 7) is 4.30. The third kappa shape index (κ3) is 34.2. The van der Waals surface area contributed by atoms with E-state index in [1.807, 2.05) is 0 Å². The number of rotatable bonds is 29. The van der Waals surface area contributed by atoms with Crippen molar-refractivity contribution < 1.29 is 22.9 Å². The second kappa shape index (κ2) is 32.9. The van der Waals surface area contributed by atoms with Crippen LogP contribution in [0.25, 0.3) is 0 Å². The standard InChI is InChI=1S/C40H63NO5S/c1-3-5-7-9-11-13-15-16-17-18-19-20-21-22-23-24-26-28-30-32-34-36-40(43)41-38(37-47(44,45)46)39(42)35-33-31-29-27-25-14-12-10-8-6-4-2/h5,7-8,10-11,13,16-17,19-20,22-23,25-28,33,35,38-39,42H,3-4,6,9,12,14-15,18,21,24,29-32,34,36-37H2,1-2H3,(H,41,43)(H,44,45,46)/b7-5-,10-8+,13-11-,17-16-,20-19-,23-22-,27-25+,28-26-,35-33+. The zero-order valence-electron chi connectivity index (χ0n) is 29.1. The number of allylic oxidation sites excluding steroid dienone is 17. The van der Waals surface area contributed by atoms with Crippen LogP contribution in [0.3, 0.4) is 0 Å². The summed E-state index contributed by atoms with van der Waals surface area (Å²) in [5.74, 6) is -1.08. The van der Waals surface area contributed by atoms with Crippen molar-refractivity contribution >= 4 is 16.0 Å². The van der Waals surface area contributed by atoms with Crippen LogP contribution in [0.5, 0.6) is 0 Å². The third-order valence-electron chi connectivity index (χ3n) is 6.89. The third-order valence-corrected chi connectivity index (χ3v) is 7.67. The summed E-state index contributed by atoms with van der Waals surface area (Å²) in [5.41, 5.74) is 0. The van der Waals surface area contributed by atoms with Crippen molar-refractivity contribution in [3.8, 4) is 0 Å². The van der Waals surface area contributed by atoms with Gasteiger partial charge in [-0.05, 0) is 89.9 Å². The maximum atomic E-state index is 12.4. The van der Waals surface area contributed by atoms with E-state index >= 15 is 0 Å². The van der Waals surface area contributed by atoms with Gasteiger partial charge in [-0.2, -0.15) is 8.42 Å². The number of nitrogens with one attached hydrogen (secondary N) is 1. The second-order valence-corrected chi connectivity index (χ2v) is 12.9. The van der Waals surface area contributed by atoms with Gasteiger partial charge in [0.05, 0.1) is 17.9 Å². The highest BCUT2D eigenvalue weighted by Crippen LogP contribution is 2.07. The Hall–Kier alpha value is -3.00. The predicted octanol–water partition coefficient (Wildman–Crippen LogP) is 10.0. The fourth-order valence-corrected chi connectivity index (χ4v) is 5.05. The van der Waals surface area contributed by atoms with Crippen LogP contribution in [0.4, 0.5) is 0 Å². The summed E-state index contributed by atoms with van der Waals surface area (Å²) >= 11 is 0. The molecule has 0 radical (unpaired) electrons. The van der Waals surface area contributed by atoms with Crippen LogP contribution in [0, 0.1) is 0 Å². The van der Waals surface area contributed by atoms with Crippen molar-refractivity contribution in [1.29, 1.82) is 0 Å². The van der Waals surface area contributed by atoms with Crippen LogP contribution in [0.2, 0.25) is 0 Å². The van der Waals surface area contributed by atoms with Crippen molar-refractivity contribution in [3.63, 3.8) is 0 Å². The highest BCUT2D eigenvalue weighted by atomic mass is 32.2. The molecule has 0 heterocycles. The van der Waals surface area contributed by atoms with Crippen LogP contribution in [-0.4, -0.2) is 41.9 Å². The minimum atomic E-state index is -4.37. The second-order valence-electron chi connectivity index (χ2n) is 11.4. The summed E-state index contributed by atoms with van der Waals surface area (Å²) in [7, 11) is -4.37. The number of hydrogen-bond donors (Lipinski definition) is 3. The molecule has 0 spiro atoms. The number of aliphatic hydroxyl groups is 1. The first-order valence-electron chi connectivity index (χ1n) is 17.6. The highest BCUT2D eigenvalue weighted by Gasteiger charge is 2.24. The van der Waals surface area contributed by atoms with Gasteiger partial charge in [-0.3, -0.25) is 9.35 Å². The van der Waals surface area contributed by atoms with Crippen molar-refractivity contribution in [2.24, 2.45) is 0 Å². The van der Waals surface area contributed by atoms with E-state index in [4.69, 9.17) is 0 Å². The minimum absolute atomic E-state index is 0.222. The first kappa shape index (κ1) is 44.0. The molecule has 0 aliphatic rings. The van der Waals surface area contributed by atoms with E-state index < -0.39 is 28.0 Å². The van der Waals surface area contributed by atoms with Crippen LogP contribution in [0.15, 0.2) is 109 Å². The molecule has 0 aliphatic heterocycles. The lowest BCUT2D eigenvalue weighted by atomic mass is 10.1. The lowest BCUT2D eigenvalue weighted by molar-refractivity contribution is -0.122. The van der Waals surface area contributed by atoms with Gasteiger partial charge in [-0.15, -0.1) is 0 Å². The Balaban J connectivity index is 4.17. The number of carbonyl (C=O) groups is 1. The average molecular weight is 670 g/mol. The lowest BCUT2D eigenvalue weighted by Crippen LogP contribution is -2.46. The zero-order chi connectivity index (χ0) is 34.7. The Bertz CT molecular complexity index is 1140. The highest BCUT2D eigenvalue weighted by molar-refractivity contribution is 7.85. The first-order valence-corrected chi connectivity index (χ1v) is 19.2. The molecule has 6 nitrogen and oxygen atoms in total. The lowest BCUT2D eigenvalue weighted by Gasteiger charge is -2.21. The van der Waals surface area contributed by atoms with Crippen molar-refractivity contribution in [2.45, 2.75) is 129 Å². The number of unbranched alkanes of at least 4 members (excludes halogenated alkanes) is 5. The Morgan fingerprint density at radius 1 is 0.596 bits per heavy atom. The van der Waals surface area contributed by atoms with E-state index in [0.29, 0.717) is 12.8 Å². The molecule has 0 rings (SSSR count). The molecule has 7 heteroatoms. The van der Waals surface area contributed by atoms with Gasteiger partial charge in [-0.25, -0.2) is 0 Å². The van der Waals surface area contributed by atoms with Gasteiger partial charge in [-0.1, -0.05) is 130 Å². The van der Waals surface area contributed by atoms with Crippen molar-refractivity contribution in [2.75, 3.05) is 5.75 Å². The fourth-order valence-electron chi connectivity index (χ4n) is 4.31. The Labute approximate surface area is 287 Å². The molecule has 0 saturated carbocycles. The van der Waals surface area contributed by atoms with Gasteiger partial charge in [0.1, 0.15) is 0 Å². The fraction of sp³-hybridized carbons (Fsp3) is 0.525. The average Bonchev–Trinajstić information content (AvgIpc) is 3.03. The van der Waals surface area contributed by atoms with Crippen LogP contribution in [-0.2, 0) is 14.9 Å². The van der Waals surface area contributed by atoms with Crippen LogP contribution in [0.1, 0.15) is 117 Å². The normalized spacial score (nSPS) is 14.7. The molecule has 0 aromatic rings. The number of aliphatic hydroxyl groups excluding tert-OH is 1. The minimum Gasteiger partial charge on any atom is -0.387 e. The van der Waals surface area contributed by atoms with Crippen molar-refractivity contribution in [3.05, 3.63) is 109 Å². The van der Waals surface area contributed by atoms with E-state index in [1.165, 1.54) is 6.08 Å². The number of amides is 1. The molecule has 0 aromatic heterocycles. The smallest absolute Gasteiger partial charge is 0.267 e. The quantitative estimate of drug-likeness (QED) is 0.0418. The van der Waals surface area contributed by atoms with Gasteiger partial charge in [0.25, 0.3) is 10.1 Å². The summed E-state index contributed by atoms with van der Waals surface area (Å²) in [5, 5.41) is 13.1. The SMILES string of the molecule is CC/C=C\C/C=C\C/C=C\C/C=C\C/C=C\C/C=C\CCCCC(=O)NC(CS(=O)(=O)O)C(O)/C=C/CC/C=C/CC/C=C/CCC. The van der Waals surface area contributed by atoms with E-state index in [1.54, 1.807) is 6.08 Å². The zero-order valence-corrected chi connectivity index (χ0v) is 29.9. The molecule has 0 bridgehead atoms. The number of hydrogen-bond acceptors (Lipinski definition) is 4. The Kier molecular flexibility index (Phi) is 30.8. The summed E-state index contributed by atoms with van der Waals surface area (Å²) in [6, 6.07) is -1.11. The topological polar surface area (TPSA) is 104 Å². The molecule has 0 aromatic carbocycles. The Morgan fingerprint density at radius 2 is 1.02 bits per heavy atom. The summed E-state index contributed by atoms with van der Waals surface area (Å²) in [6.07, 6.45) is 50.8.